The molecule has 1 saturated carbocycles. The number of carbonyl (C=O) groups is 1. The van der Waals surface area contributed by atoms with Crippen molar-refractivity contribution in [1.29, 1.82) is 0 Å². The fourth-order valence-electron chi connectivity index (χ4n) is 2.74. The van der Waals surface area contributed by atoms with Crippen molar-refractivity contribution in [1.82, 2.24) is 15.2 Å². The molecule has 3 rings (SSSR count). The van der Waals surface area contributed by atoms with E-state index in [1.54, 1.807) is 12.3 Å². The van der Waals surface area contributed by atoms with Gasteiger partial charge in [-0.25, -0.2) is 5.84 Å². The molecule has 0 spiro atoms. The zero-order valence-electron chi connectivity index (χ0n) is 11.7. The lowest BCUT2D eigenvalue weighted by molar-refractivity contribution is 0.0943. The van der Waals surface area contributed by atoms with Crippen molar-refractivity contribution in [3.63, 3.8) is 0 Å². The Hall–Kier alpha value is -1.37. The highest BCUT2D eigenvalue weighted by molar-refractivity contribution is 5.94. The lowest BCUT2D eigenvalue weighted by Crippen LogP contribution is -2.46. The number of hydrazine groups is 1. The van der Waals surface area contributed by atoms with Crippen LogP contribution in [0.3, 0.4) is 0 Å². The van der Waals surface area contributed by atoms with Crippen LogP contribution in [-0.2, 0) is 6.54 Å². The first kappa shape index (κ1) is 13.6. The number of furan rings is 1. The molecule has 1 aromatic heterocycles. The molecule has 1 aromatic rings. The molecule has 6 nitrogen and oxygen atoms in total. The van der Waals surface area contributed by atoms with Crippen LogP contribution in [-0.4, -0.2) is 48.4 Å². The van der Waals surface area contributed by atoms with Gasteiger partial charge >= 0.3 is 0 Å². The van der Waals surface area contributed by atoms with Crippen molar-refractivity contribution >= 4 is 5.91 Å². The molecule has 0 aromatic carbocycles. The summed E-state index contributed by atoms with van der Waals surface area (Å²) in [5.41, 5.74) is 2.69. The summed E-state index contributed by atoms with van der Waals surface area (Å²) in [6, 6.07) is 1.67. The summed E-state index contributed by atoms with van der Waals surface area (Å²) in [7, 11) is 0. The van der Waals surface area contributed by atoms with Gasteiger partial charge in [0, 0.05) is 32.7 Å². The Morgan fingerprint density at radius 2 is 2.00 bits per heavy atom. The van der Waals surface area contributed by atoms with Gasteiger partial charge in [-0.05, 0) is 24.8 Å². The fraction of sp³-hybridized carbons (Fsp3) is 0.643. The molecule has 0 bridgehead atoms. The average Bonchev–Trinajstić information content (AvgIpc) is 3.16. The van der Waals surface area contributed by atoms with Crippen molar-refractivity contribution in [2.24, 2.45) is 11.8 Å². The molecule has 20 heavy (non-hydrogen) atoms. The average molecular weight is 278 g/mol. The monoisotopic (exact) mass is 278 g/mol. The number of nitrogens with two attached hydrogens (primary N) is 1. The van der Waals surface area contributed by atoms with E-state index >= 15 is 0 Å². The highest BCUT2D eigenvalue weighted by Gasteiger charge is 2.27. The van der Waals surface area contributed by atoms with Crippen LogP contribution < -0.4 is 11.3 Å². The van der Waals surface area contributed by atoms with Gasteiger partial charge in [-0.2, -0.15) is 0 Å². The first-order chi connectivity index (χ1) is 9.76. The summed E-state index contributed by atoms with van der Waals surface area (Å²) in [5.74, 6) is 6.53. The number of nitrogens with zero attached hydrogens (tertiary/aromatic N) is 2. The number of carbonyl (C=O) groups excluding carboxylic acids is 1. The Bertz CT molecular complexity index is 461. The van der Waals surface area contributed by atoms with Crippen molar-refractivity contribution in [2.45, 2.75) is 19.4 Å². The Labute approximate surface area is 118 Å². The maximum atomic E-state index is 11.6. The number of hydrogen-bond donors (Lipinski definition) is 2. The van der Waals surface area contributed by atoms with Crippen molar-refractivity contribution in [2.75, 3.05) is 32.7 Å². The summed E-state index contributed by atoms with van der Waals surface area (Å²) in [5, 5.41) is 0. The van der Waals surface area contributed by atoms with Crippen LogP contribution in [0.4, 0.5) is 0 Å². The Morgan fingerprint density at radius 3 is 2.65 bits per heavy atom. The Morgan fingerprint density at radius 1 is 1.30 bits per heavy atom. The quantitative estimate of drug-likeness (QED) is 0.463. The maximum Gasteiger partial charge on any atom is 0.268 e. The number of nitrogen functional groups attached to an aromatic ring is 1. The molecule has 1 aliphatic heterocycles. The third-order valence-electron chi connectivity index (χ3n) is 4.17. The van der Waals surface area contributed by atoms with E-state index in [4.69, 9.17) is 10.3 Å². The van der Waals surface area contributed by atoms with Gasteiger partial charge in [0.15, 0.2) is 0 Å². The van der Waals surface area contributed by atoms with Crippen molar-refractivity contribution in [3.8, 4) is 0 Å². The summed E-state index contributed by atoms with van der Waals surface area (Å²) in [4.78, 5) is 16.5. The van der Waals surface area contributed by atoms with E-state index in [2.05, 4.69) is 15.2 Å². The molecule has 1 saturated heterocycles. The SMILES string of the molecule is NNC(=O)c1ccoc1CN1CCN(CC2CC2)CC1. The predicted octanol–water partition coefficient (Wildman–Crippen LogP) is 0.411. The minimum Gasteiger partial charge on any atom is -0.467 e. The number of amides is 1. The molecule has 2 heterocycles. The van der Waals surface area contributed by atoms with Crippen LogP contribution in [0.2, 0.25) is 0 Å². The van der Waals surface area contributed by atoms with Gasteiger partial charge in [-0.15, -0.1) is 0 Å². The molecule has 0 unspecified atom stereocenters. The van der Waals surface area contributed by atoms with Gasteiger partial charge in [0.05, 0.1) is 18.4 Å². The second-order valence-corrected chi connectivity index (χ2v) is 5.75. The Kier molecular flexibility index (Phi) is 4.05. The van der Waals surface area contributed by atoms with E-state index in [1.165, 1.54) is 19.4 Å². The van der Waals surface area contributed by atoms with E-state index < -0.39 is 0 Å². The normalized spacial score (nSPS) is 21.1. The minimum absolute atomic E-state index is 0.291. The van der Waals surface area contributed by atoms with Gasteiger partial charge in [0.25, 0.3) is 5.91 Å². The summed E-state index contributed by atoms with van der Waals surface area (Å²) in [6.07, 6.45) is 4.36. The van der Waals surface area contributed by atoms with Crippen LogP contribution in [0.1, 0.15) is 29.0 Å². The zero-order valence-corrected chi connectivity index (χ0v) is 11.7. The van der Waals surface area contributed by atoms with Crippen LogP contribution in [0.25, 0.3) is 0 Å². The highest BCUT2D eigenvalue weighted by atomic mass is 16.3. The second kappa shape index (κ2) is 5.95. The molecule has 0 atom stereocenters. The van der Waals surface area contributed by atoms with E-state index in [9.17, 15) is 4.79 Å². The van der Waals surface area contributed by atoms with Crippen LogP contribution in [0.5, 0.6) is 0 Å². The number of nitrogens with one attached hydrogen (secondary N) is 1. The van der Waals surface area contributed by atoms with Gasteiger partial charge in [0.1, 0.15) is 5.76 Å². The van der Waals surface area contributed by atoms with E-state index in [1.807, 2.05) is 0 Å². The van der Waals surface area contributed by atoms with Crippen molar-refractivity contribution in [3.05, 3.63) is 23.7 Å². The topological polar surface area (TPSA) is 74.7 Å². The smallest absolute Gasteiger partial charge is 0.268 e. The van der Waals surface area contributed by atoms with Crippen LogP contribution in [0.15, 0.2) is 16.7 Å². The molecule has 2 aliphatic rings. The van der Waals surface area contributed by atoms with E-state index in [-0.39, 0.29) is 5.91 Å². The van der Waals surface area contributed by atoms with Gasteiger partial charge < -0.3 is 9.32 Å². The summed E-state index contributed by atoms with van der Waals surface area (Å²) in [6.45, 7) is 6.20. The van der Waals surface area contributed by atoms with E-state index in [0.717, 1.165) is 32.1 Å². The highest BCUT2D eigenvalue weighted by Crippen LogP contribution is 2.30. The Balaban J connectivity index is 1.51. The molecule has 110 valence electrons. The molecule has 2 fully saturated rings. The maximum absolute atomic E-state index is 11.6. The molecule has 1 amide bonds. The lowest BCUT2D eigenvalue weighted by Gasteiger charge is -2.34. The van der Waals surface area contributed by atoms with Crippen LogP contribution in [0, 0.1) is 5.92 Å². The zero-order chi connectivity index (χ0) is 13.9. The van der Waals surface area contributed by atoms with Gasteiger partial charge in [0.2, 0.25) is 0 Å². The van der Waals surface area contributed by atoms with Gasteiger partial charge in [-0.3, -0.25) is 15.1 Å². The number of rotatable bonds is 5. The first-order valence-corrected chi connectivity index (χ1v) is 7.28. The largest absolute Gasteiger partial charge is 0.467 e. The summed E-state index contributed by atoms with van der Waals surface area (Å²) >= 11 is 0. The second-order valence-electron chi connectivity index (χ2n) is 5.75. The van der Waals surface area contributed by atoms with Crippen LogP contribution >= 0.6 is 0 Å². The lowest BCUT2D eigenvalue weighted by atomic mass is 10.2. The molecule has 6 heteroatoms. The number of piperazine rings is 1. The standard InChI is InChI=1S/C14H22N4O2/c15-16-14(19)12-3-8-20-13(12)10-18-6-4-17(5-7-18)9-11-1-2-11/h3,8,11H,1-2,4-7,9-10,15H2,(H,16,19). The minimum atomic E-state index is -0.291. The third-order valence-corrected chi connectivity index (χ3v) is 4.17. The third kappa shape index (κ3) is 3.20. The fourth-order valence-corrected chi connectivity index (χ4v) is 2.74. The van der Waals surface area contributed by atoms with Gasteiger partial charge in [-0.1, -0.05) is 0 Å². The summed E-state index contributed by atoms with van der Waals surface area (Å²) < 4.78 is 5.42. The van der Waals surface area contributed by atoms with E-state index in [0.29, 0.717) is 17.9 Å². The van der Waals surface area contributed by atoms with Crippen molar-refractivity contribution < 1.29 is 9.21 Å². The molecule has 0 radical (unpaired) electrons. The first-order valence-electron chi connectivity index (χ1n) is 7.28. The predicted molar refractivity (Wildman–Crippen MR) is 74.8 cm³/mol. The molecular formula is C14H22N4O2. The molecular weight excluding hydrogens is 256 g/mol. The molecule has 3 N–H and O–H groups in total. The number of hydrogen-bond acceptors (Lipinski definition) is 5. The molecule has 1 aliphatic carbocycles.